The van der Waals surface area contributed by atoms with E-state index in [-0.39, 0.29) is 5.91 Å². The molecule has 0 saturated carbocycles. The molecule has 0 aliphatic carbocycles. The third-order valence-corrected chi connectivity index (χ3v) is 3.42. The van der Waals surface area contributed by atoms with E-state index in [4.69, 9.17) is 16.9 Å². The summed E-state index contributed by atoms with van der Waals surface area (Å²) in [5, 5.41) is 12.3. The number of benzene rings is 2. The van der Waals surface area contributed by atoms with Crippen LogP contribution in [-0.4, -0.2) is 5.91 Å². The molecule has 0 atom stereocenters. The molecule has 0 heterocycles. The standard InChI is InChI=1S/C17H15ClN2O/c1-12-10-15(18)7-8-16(12)20-17(21)9-6-13-2-4-14(11-19)5-3-13/h2-5,7-8,10H,6,9H2,1H3,(H,20,21). The molecule has 3 nitrogen and oxygen atoms in total. The zero-order chi connectivity index (χ0) is 15.2. The Balaban J connectivity index is 1.91. The molecule has 2 rings (SSSR count). The van der Waals surface area contributed by atoms with Crippen LogP contribution >= 0.6 is 11.6 Å². The molecule has 0 aliphatic rings. The summed E-state index contributed by atoms with van der Waals surface area (Å²) >= 11 is 5.88. The average Bonchev–Trinajstić information content (AvgIpc) is 2.48. The highest BCUT2D eigenvalue weighted by atomic mass is 35.5. The van der Waals surface area contributed by atoms with Gasteiger partial charge in [-0.05, 0) is 54.8 Å². The highest BCUT2D eigenvalue weighted by Crippen LogP contribution is 2.19. The van der Waals surface area contributed by atoms with Crippen molar-refractivity contribution in [3.05, 3.63) is 64.2 Å². The summed E-state index contributed by atoms with van der Waals surface area (Å²) < 4.78 is 0. The lowest BCUT2D eigenvalue weighted by atomic mass is 10.1. The van der Waals surface area contributed by atoms with E-state index in [9.17, 15) is 4.79 Å². The summed E-state index contributed by atoms with van der Waals surface area (Å²) in [6, 6.07) is 14.7. The normalized spacial score (nSPS) is 9.95. The minimum absolute atomic E-state index is 0.0372. The van der Waals surface area contributed by atoms with Gasteiger partial charge in [-0.3, -0.25) is 4.79 Å². The molecule has 0 radical (unpaired) electrons. The van der Waals surface area contributed by atoms with Crippen molar-refractivity contribution >= 4 is 23.2 Å². The first kappa shape index (κ1) is 15.1. The predicted molar refractivity (Wildman–Crippen MR) is 84.3 cm³/mol. The minimum atomic E-state index is -0.0372. The van der Waals surface area contributed by atoms with E-state index in [0.29, 0.717) is 23.4 Å². The third-order valence-electron chi connectivity index (χ3n) is 3.19. The maximum atomic E-state index is 11.9. The lowest BCUT2D eigenvalue weighted by molar-refractivity contribution is -0.116. The van der Waals surface area contributed by atoms with Crippen LogP contribution in [-0.2, 0) is 11.2 Å². The summed E-state index contributed by atoms with van der Waals surface area (Å²) in [6.07, 6.45) is 1.04. The summed E-state index contributed by atoms with van der Waals surface area (Å²) in [7, 11) is 0. The van der Waals surface area contributed by atoms with Crippen molar-refractivity contribution < 1.29 is 4.79 Å². The maximum absolute atomic E-state index is 11.9. The second-order valence-electron chi connectivity index (χ2n) is 4.82. The molecule has 0 fully saturated rings. The second kappa shape index (κ2) is 6.92. The highest BCUT2D eigenvalue weighted by molar-refractivity contribution is 6.30. The maximum Gasteiger partial charge on any atom is 0.224 e. The summed E-state index contributed by atoms with van der Waals surface area (Å²) in [5.41, 5.74) is 3.38. The fourth-order valence-corrected chi connectivity index (χ4v) is 2.21. The molecule has 1 N–H and O–H groups in total. The molecule has 4 heteroatoms. The van der Waals surface area contributed by atoms with Crippen molar-refractivity contribution in [1.82, 2.24) is 0 Å². The first-order chi connectivity index (χ1) is 10.1. The van der Waals surface area contributed by atoms with Gasteiger partial charge in [0.05, 0.1) is 11.6 Å². The summed E-state index contributed by atoms with van der Waals surface area (Å²) in [4.78, 5) is 11.9. The molecule has 0 spiro atoms. The van der Waals surface area contributed by atoms with Crippen LogP contribution in [0.3, 0.4) is 0 Å². The number of hydrogen-bond acceptors (Lipinski definition) is 2. The molecule has 2 aromatic rings. The van der Waals surface area contributed by atoms with Gasteiger partial charge >= 0.3 is 0 Å². The third kappa shape index (κ3) is 4.34. The molecule has 0 aliphatic heterocycles. The van der Waals surface area contributed by atoms with Crippen molar-refractivity contribution in [2.75, 3.05) is 5.32 Å². The van der Waals surface area contributed by atoms with E-state index in [0.717, 1.165) is 16.8 Å². The zero-order valence-corrected chi connectivity index (χ0v) is 12.4. The number of anilines is 1. The van der Waals surface area contributed by atoms with Gasteiger partial charge in [0.1, 0.15) is 0 Å². The van der Waals surface area contributed by atoms with Gasteiger partial charge in [-0.25, -0.2) is 0 Å². The number of amides is 1. The van der Waals surface area contributed by atoms with Gasteiger partial charge < -0.3 is 5.32 Å². The van der Waals surface area contributed by atoms with E-state index in [1.54, 1.807) is 24.3 Å². The van der Waals surface area contributed by atoms with E-state index < -0.39 is 0 Å². The number of nitrogens with one attached hydrogen (secondary N) is 1. The van der Waals surface area contributed by atoms with Gasteiger partial charge in [-0.1, -0.05) is 23.7 Å². The molecule has 21 heavy (non-hydrogen) atoms. The first-order valence-electron chi connectivity index (χ1n) is 6.63. The quantitative estimate of drug-likeness (QED) is 0.924. The molecule has 0 bridgehead atoms. The molecule has 0 saturated heterocycles. The SMILES string of the molecule is Cc1cc(Cl)ccc1NC(=O)CCc1ccc(C#N)cc1. The van der Waals surface area contributed by atoms with Gasteiger partial charge in [0.25, 0.3) is 0 Å². The minimum Gasteiger partial charge on any atom is -0.326 e. The molecular weight excluding hydrogens is 284 g/mol. The van der Waals surface area contributed by atoms with Crippen LogP contribution in [0.1, 0.15) is 23.1 Å². The molecule has 0 unspecified atom stereocenters. The number of nitrogens with zero attached hydrogens (tertiary/aromatic N) is 1. The molecule has 106 valence electrons. The molecule has 1 amide bonds. The van der Waals surface area contributed by atoms with Crippen molar-refractivity contribution in [3.63, 3.8) is 0 Å². The number of halogens is 1. The van der Waals surface area contributed by atoms with E-state index >= 15 is 0 Å². The Labute approximate surface area is 129 Å². The number of carbonyl (C=O) groups excluding carboxylic acids is 1. The molecular formula is C17H15ClN2O. The van der Waals surface area contributed by atoms with Crippen LogP contribution in [0.15, 0.2) is 42.5 Å². The van der Waals surface area contributed by atoms with Gasteiger partial charge in [0, 0.05) is 17.1 Å². The Morgan fingerprint density at radius 3 is 2.57 bits per heavy atom. The predicted octanol–water partition coefficient (Wildman–Crippen LogP) is 4.09. The van der Waals surface area contributed by atoms with Gasteiger partial charge in [0.2, 0.25) is 5.91 Å². The Morgan fingerprint density at radius 2 is 1.95 bits per heavy atom. The number of rotatable bonds is 4. The lowest BCUT2D eigenvalue weighted by Crippen LogP contribution is -2.13. The number of carbonyl (C=O) groups is 1. The molecule has 2 aromatic carbocycles. The van der Waals surface area contributed by atoms with Gasteiger partial charge in [-0.2, -0.15) is 5.26 Å². The largest absolute Gasteiger partial charge is 0.326 e. The molecule has 0 aromatic heterocycles. The van der Waals surface area contributed by atoms with Crippen molar-refractivity contribution in [2.24, 2.45) is 0 Å². The Hall–Kier alpha value is -2.31. The Morgan fingerprint density at radius 1 is 1.24 bits per heavy atom. The fourth-order valence-electron chi connectivity index (χ4n) is 1.98. The first-order valence-corrected chi connectivity index (χ1v) is 7.01. The van der Waals surface area contributed by atoms with Crippen LogP contribution in [0, 0.1) is 18.3 Å². The van der Waals surface area contributed by atoms with Crippen LogP contribution in [0.25, 0.3) is 0 Å². The number of hydrogen-bond donors (Lipinski definition) is 1. The second-order valence-corrected chi connectivity index (χ2v) is 5.25. The number of nitriles is 1. The summed E-state index contributed by atoms with van der Waals surface area (Å²) in [5.74, 6) is -0.0372. The zero-order valence-electron chi connectivity index (χ0n) is 11.7. The monoisotopic (exact) mass is 298 g/mol. The van der Waals surface area contributed by atoms with Crippen LogP contribution < -0.4 is 5.32 Å². The smallest absolute Gasteiger partial charge is 0.224 e. The highest BCUT2D eigenvalue weighted by Gasteiger charge is 2.06. The average molecular weight is 299 g/mol. The summed E-state index contributed by atoms with van der Waals surface area (Å²) in [6.45, 7) is 1.90. The van der Waals surface area contributed by atoms with Crippen molar-refractivity contribution in [2.45, 2.75) is 19.8 Å². The topological polar surface area (TPSA) is 52.9 Å². The van der Waals surface area contributed by atoms with E-state index in [1.807, 2.05) is 25.1 Å². The van der Waals surface area contributed by atoms with Gasteiger partial charge in [0.15, 0.2) is 0 Å². The van der Waals surface area contributed by atoms with Crippen LogP contribution in [0.4, 0.5) is 5.69 Å². The van der Waals surface area contributed by atoms with Crippen LogP contribution in [0.2, 0.25) is 5.02 Å². The Kier molecular flexibility index (Phi) is 4.97. The van der Waals surface area contributed by atoms with Crippen molar-refractivity contribution in [3.8, 4) is 6.07 Å². The lowest BCUT2D eigenvalue weighted by Gasteiger charge is -2.08. The Bertz CT molecular complexity index is 687. The van der Waals surface area contributed by atoms with Crippen molar-refractivity contribution in [1.29, 1.82) is 5.26 Å². The van der Waals surface area contributed by atoms with Gasteiger partial charge in [-0.15, -0.1) is 0 Å². The van der Waals surface area contributed by atoms with E-state index in [2.05, 4.69) is 11.4 Å². The fraction of sp³-hybridized carbons (Fsp3) is 0.176. The van der Waals surface area contributed by atoms with Crippen LogP contribution in [0.5, 0.6) is 0 Å². The number of aryl methyl sites for hydroxylation is 2. The van der Waals surface area contributed by atoms with E-state index in [1.165, 1.54) is 0 Å².